The Bertz CT molecular complexity index is 964. The summed E-state index contributed by atoms with van der Waals surface area (Å²) in [5.41, 5.74) is 4.44. The molecule has 1 heterocycles. The molecule has 0 spiro atoms. The Morgan fingerprint density at radius 1 is 0.839 bits per heavy atom. The van der Waals surface area contributed by atoms with E-state index >= 15 is 0 Å². The standard InChI is InChI=1S/C25H30N2O4/c1-30-21-9-10-22(23(17-21)31-2)25(29)27-13-11-26(12-14-27)24(28)16-18-7-8-19-5-3-4-6-20(19)15-18/h7-10,15,17H,3-6,11-14,16H2,1-2H3. The first-order valence-corrected chi connectivity index (χ1v) is 11.0. The minimum absolute atomic E-state index is 0.0821. The van der Waals surface area contributed by atoms with Gasteiger partial charge in [0.05, 0.1) is 26.2 Å². The van der Waals surface area contributed by atoms with Crippen LogP contribution in [0.15, 0.2) is 36.4 Å². The van der Waals surface area contributed by atoms with Crippen molar-refractivity contribution in [2.75, 3.05) is 40.4 Å². The van der Waals surface area contributed by atoms with Gasteiger partial charge in [-0.15, -0.1) is 0 Å². The van der Waals surface area contributed by atoms with Crippen LogP contribution in [-0.4, -0.2) is 62.0 Å². The van der Waals surface area contributed by atoms with Crippen molar-refractivity contribution in [1.82, 2.24) is 9.80 Å². The van der Waals surface area contributed by atoms with Crippen molar-refractivity contribution < 1.29 is 19.1 Å². The molecule has 31 heavy (non-hydrogen) atoms. The number of amides is 2. The average molecular weight is 423 g/mol. The van der Waals surface area contributed by atoms with Crippen LogP contribution in [0.1, 0.15) is 39.9 Å². The van der Waals surface area contributed by atoms with E-state index in [2.05, 4.69) is 18.2 Å². The van der Waals surface area contributed by atoms with Gasteiger partial charge in [-0.1, -0.05) is 18.2 Å². The molecular weight excluding hydrogens is 392 g/mol. The van der Waals surface area contributed by atoms with Gasteiger partial charge in [-0.3, -0.25) is 9.59 Å². The second-order valence-electron chi connectivity index (χ2n) is 8.23. The first-order valence-electron chi connectivity index (χ1n) is 11.0. The van der Waals surface area contributed by atoms with Gasteiger partial charge < -0.3 is 19.3 Å². The largest absolute Gasteiger partial charge is 0.497 e. The maximum absolute atomic E-state index is 13.0. The Labute approximate surface area is 183 Å². The third kappa shape index (κ3) is 4.68. The number of fused-ring (bicyclic) bond motifs is 1. The lowest BCUT2D eigenvalue weighted by Crippen LogP contribution is -2.51. The number of methoxy groups -OCH3 is 2. The highest BCUT2D eigenvalue weighted by atomic mass is 16.5. The van der Waals surface area contributed by atoms with Gasteiger partial charge in [0, 0.05) is 32.2 Å². The first kappa shape index (κ1) is 21.2. The van der Waals surface area contributed by atoms with Crippen molar-refractivity contribution in [3.8, 4) is 11.5 Å². The van der Waals surface area contributed by atoms with Gasteiger partial charge in [-0.25, -0.2) is 0 Å². The Balaban J connectivity index is 1.35. The number of hydrogen-bond donors (Lipinski definition) is 0. The summed E-state index contributed by atoms with van der Waals surface area (Å²) in [6.45, 7) is 2.13. The van der Waals surface area contributed by atoms with Gasteiger partial charge in [0.1, 0.15) is 11.5 Å². The maximum atomic E-state index is 13.0. The molecule has 4 rings (SSSR count). The zero-order valence-electron chi connectivity index (χ0n) is 18.4. The van der Waals surface area contributed by atoms with Crippen molar-refractivity contribution in [2.45, 2.75) is 32.1 Å². The molecule has 1 fully saturated rings. The van der Waals surface area contributed by atoms with E-state index in [9.17, 15) is 9.59 Å². The molecule has 1 aliphatic heterocycles. The van der Waals surface area contributed by atoms with Crippen LogP contribution in [0.25, 0.3) is 0 Å². The number of carbonyl (C=O) groups excluding carboxylic acids is 2. The van der Waals surface area contributed by atoms with Crippen LogP contribution in [0.4, 0.5) is 0 Å². The molecule has 2 aromatic rings. The number of aryl methyl sites for hydroxylation is 2. The summed E-state index contributed by atoms with van der Waals surface area (Å²) in [6.07, 6.45) is 5.19. The number of nitrogens with zero attached hydrogens (tertiary/aromatic N) is 2. The predicted molar refractivity (Wildman–Crippen MR) is 119 cm³/mol. The lowest BCUT2D eigenvalue weighted by molar-refractivity contribution is -0.131. The number of hydrogen-bond acceptors (Lipinski definition) is 4. The third-order valence-electron chi connectivity index (χ3n) is 6.33. The molecule has 2 amide bonds. The molecule has 0 aromatic heterocycles. The van der Waals surface area contributed by atoms with Crippen LogP contribution in [-0.2, 0) is 24.1 Å². The van der Waals surface area contributed by atoms with Crippen molar-refractivity contribution in [2.24, 2.45) is 0 Å². The Hall–Kier alpha value is -3.02. The highest BCUT2D eigenvalue weighted by Gasteiger charge is 2.26. The number of piperazine rings is 1. The molecule has 0 atom stereocenters. The SMILES string of the molecule is COc1ccc(C(=O)N2CCN(C(=O)Cc3ccc4c(c3)CCCC4)CC2)c(OC)c1. The number of ether oxygens (including phenoxy) is 2. The van der Waals surface area contributed by atoms with Crippen molar-refractivity contribution in [3.63, 3.8) is 0 Å². The molecule has 164 valence electrons. The first-order chi connectivity index (χ1) is 15.1. The second-order valence-corrected chi connectivity index (χ2v) is 8.23. The van der Waals surface area contributed by atoms with E-state index in [1.54, 1.807) is 37.3 Å². The van der Waals surface area contributed by atoms with Gasteiger partial charge >= 0.3 is 0 Å². The fourth-order valence-corrected chi connectivity index (χ4v) is 4.49. The number of rotatable bonds is 5. The van der Waals surface area contributed by atoms with Crippen LogP contribution in [0.3, 0.4) is 0 Å². The summed E-state index contributed by atoms with van der Waals surface area (Å²) < 4.78 is 10.6. The van der Waals surface area contributed by atoms with Gasteiger partial charge in [0.15, 0.2) is 0 Å². The number of carbonyl (C=O) groups is 2. The molecule has 2 aromatic carbocycles. The van der Waals surface area contributed by atoms with Gasteiger partial charge in [0.25, 0.3) is 5.91 Å². The van der Waals surface area contributed by atoms with E-state index < -0.39 is 0 Å². The average Bonchev–Trinajstić information content (AvgIpc) is 2.83. The topological polar surface area (TPSA) is 59.1 Å². The summed E-state index contributed by atoms with van der Waals surface area (Å²) in [5.74, 6) is 1.19. The summed E-state index contributed by atoms with van der Waals surface area (Å²) in [4.78, 5) is 29.5. The summed E-state index contributed by atoms with van der Waals surface area (Å²) in [6, 6.07) is 11.7. The molecule has 2 aliphatic rings. The summed E-state index contributed by atoms with van der Waals surface area (Å²) in [5, 5.41) is 0. The second kappa shape index (κ2) is 9.41. The van der Waals surface area contributed by atoms with Crippen LogP contribution < -0.4 is 9.47 Å². The van der Waals surface area contributed by atoms with E-state index in [-0.39, 0.29) is 11.8 Å². The Morgan fingerprint density at radius 2 is 1.55 bits per heavy atom. The van der Waals surface area contributed by atoms with E-state index in [0.717, 1.165) is 18.4 Å². The monoisotopic (exact) mass is 422 g/mol. The van der Waals surface area contributed by atoms with Crippen LogP contribution in [0.2, 0.25) is 0 Å². The number of benzene rings is 2. The van der Waals surface area contributed by atoms with Crippen molar-refractivity contribution >= 4 is 11.8 Å². The summed E-state index contributed by atoms with van der Waals surface area (Å²) >= 11 is 0. The zero-order valence-corrected chi connectivity index (χ0v) is 18.4. The predicted octanol–water partition coefficient (Wildman–Crippen LogP) is 3.11. The van der Waals surface area contributed by atoms with Crippen LogP contribution in [0.5, 0.6) is 11.5 Å². The third-order valence-corrected chi connectivity index (χ3v) is 6.33. The van der Waals surface area contributed by atoms with E-state index in [1.165, 1.54) is 24.0 Å². The molecule has 0 unspecified atom stereocenters. The molecule has 1 saturated heterocycles. The fraction of sp³-hybridized carbons (Fsp3) is 0.440. The van der Waals surface area contributed by atoms with Gasteiger partial charge in [-0.05, 0) is 54.5 Å². The lowest BCUT2D eigenvalue weighted by Gasteiger charge is -2.35. The molecule has 6 heteroatoms. The molecule has 0 radical (unpaired) electrons. The molecular formula is C25H30N2O4. The van der Waals surface area contributed by atoms with Crippen molar-refractivity contribution in [3.05, 3.63) is 58.7 Å². The highest BCUT2D eigenvalue weighted by Crippen LogP contribution is 2.26. The van der Waals surface area contributed by atoms with Gasteiger partial charge in [0.2, 0.25) is 5.91 Å². The fourth-order valence-electron chi connectivity index (χ4n) is 4.49. The normalized spacial score (nSPS) is 15.9. The smallest absolute Gasteiger partial charge is 0.257 e. The highest BCUT2D eigenvalue weighted by molar-refractivity contribution is 5.97. The van der Waals surface area contributed by atoms with Gasteiger partial charge in [-0.2, -0.15) is 0 Å². The Morgan fingerprint density at radius 3 is 2.26 bits per heavy atom. The molecule has 6 nitrogen and oxygen atoms in total. The van der Waals surface area contributed by atoms with E-state index in [4.69, 9.17) is 9.47 Å². The lowest BCUT2D eigenvalue weighted by atomic mass is 9.90. The minimum atomic E-state index is -0.0821. The molecule has 1 aliphatic carbocycles. The van der Waals surface area contributed by atoms with E-state index in [1.807, 2.05) is 4.90 Å². The quantitative estimate of drug-likeness (QED) is 0.743. The van der Waals surface area contributed by atoms with Crippen LogP contribution in [0, 0.1) is 0 Å². The van der Waals surface area contributed by atoms with Crippen LogP contribution >= 0.6 is 0 Å². The minimum Gasteiger partial charge on any atom is -0.497 e. The van der Waals surface area contributed by atoms with Crippen molar-refractivity contribution in [1.29, 1.82) is 0 Å². The summed E-state index contributed by atoms with van der Waals surface area (Å²) in [7, 11) is 3.12. The maximum Gasteiger partial charge on any atom is 0.257 e. The molecule has 0 N–H and O–H groups in total. The molecule has 0 bridgehead atoms. The molecule has 0 saturated carbocycles. The zero-order chi connectivity index (χ0) is 21.8. The van der Waals surface area contributed by atoms with E-state index in [0.29, 0.717) is 49.7 Å². The Kier molecular flexibility index (Phi) is 6.44.